The van der Waals surface area contributed by atoms with Gasteiger partial charge < -0.3 is 24.8 Å². The first-order valence-corrected chi connectivity index (χ1v) is 22.0. The minimum Gasteiger partial charge on any atom is -1.00 e. The maximum absolute atomic E-state index is 2.97. The predicted molar refractivity (Wildman–Crippen MR) is 181 cm³/mol. The zero-order valence-corrected chi connectivity index (χ0v) is 29.5. The first kappa shape index (κ1) is 30.4. The molecular weight excluding hydrogens is 667 g/mol. The Bertz CT molecular complexity index is 2030. The summed E-state index contributed by atoms with van der Waals surface area (Å²) in [7, 11) is 0. The van der Waals surface area contributed by atoms with E-state index >= 15 is 0 Å². The van der Waals surface area contributed by atoms with Crippen molar-refractivity contribution in [3.63, 3.8) is 0 Å². The van der Waals surface area contributed by atoms with E-state index in [1.54, 1.807) is 22.3 Å². The SMILES string of the molecule is Cc1cc(C2=Cc3ccccc3[CH]2[Zr+2]2([CH]3C(c4cc(C)cc5ccccc45)=Cc4ccccc43)[CH2][CH2]2)c2ccccc2c1.[Cl-].[Cl-]. The molecule has 220 valence electrons. The fraction of sp³-hybridized carbons (Fsp3) is 0.143. The molecule has 2 atom stereocenters. The molecule has 0 radical (unpaired) electrons. The average molecular weight is 701 g/mol. The summed E-state index contributed by atoms with van der Waals surface area (Å²) in [6, 6.07) is 46.4. The molecule has 45 heavy (non-hydrogen) atoms. The maximum atomic E-state index is 2.57. The van der Waals surface area contributed by atoms with E-state index in [-0.39, 0.29) is 24.8 Å². The molecule has 6 aromatic carbocycles. The molecule has 0 aromatic heterocycles. The number of rotatable bonds is 4. The summed E-state index contributed by atoms with van der Waals surface area (Å²) in [4.78, 5) is 0. The number of fused-ring (bicyclic) bond motifs is 4. The molecular formula is C42H34Cl2Zr. The Morgan fingerprint density at radius 2 is 0.889 bits per heavy atom. The fourth-order valence-corrected chi connectivity index (χ4v) is 25.8. The summed E-state index contributed by atoms with van der Waals surface area (Å²) in [6.45, 7) is 4.53. The quantitative estimate of drug-likeness (QED) is 0.228. The number of hydrogen-bond donors (Lipinski definition) is 0. The van der Waals surface area contributed by atoms with E-state index in [9.17, 15) is 0 Å². The summed E-state index contributed by atoms with van der Waals surface area (Å²) in [5, 5.41) is 5.50. The van der Waals surface area contributed by atoms with Crippen LogP contribution in [0.1, 0.15) is 51.8 Å². The van der Waals surface area contributed by atoms with E-state index in [4.69, 9.17) is 0 Å². The molecule has 0 bridgehead atoms. The summed E-state index contributed by atoms with van der Waals surface area (Å²) >= 11 is -2.97. The van der Waals surface area contributed by atoms with Crippen molar-refractivity contribution in [1.82, 2.24) is 0 Å². The number of halogens is 2. The molecule has 6 aromatic rings. The van der Waals surface area contributed by atoms with Gasteiger partial charge in [0.1, 0.15) is 0 Å². The van der Waals surface area contributed by atoms with Crippen molar-refractivity contribution in [1.29, 1.82) is 0 Å². The molecule has 2 unspecified atom stereocenters. The van der Waals surface area contributed by atoms with Gasteiger partial charge in [-0.2, -0.15) is 0 Å². The van der Waals surface area contributed by atoms with Gasteiger partial charge in [0, 0.05) is 0 Å². The van der Waals surface area contributed by atoms with Gasteiger partial charge in [0.2, 0.25) is 0 Å². The summed E-state index contributed by atoms with van der Waals surface area (Å²) in [5.41, 5.74) is 14.9. The zero-order chi connectivity index (χ0) is 28.7. The topological polar surface area (TPSA) is 0 Å². The van der Waals surface area contributed by atoms with Crippen LogP contribution in [0.25, 0.3) is 44.8 Å². The number of aryl methyl sites for hydroxylation is 2. The van der Waals surface area contributed by atoms with Crippen LogP contribution in [0.5, 0.6) is 0 Å². The van der Waals surface area contributed by atoms with E-state index in [0.29, 0.717) is 7.25 Å². The number of hydrogen-bond acceptors (Lipinski definition) is 0. The van der Waals surface area contributed by atoms with Crippen molar-refractivity contribution in [2.24, 2.45) is 0 Å². The molecule has 0 N–H and O–H groups in total. The van der Waals surface area contributed by atoms with Gasteiger partial charge in [-0.1, -0.05) is 0 Å². The molecule has 2 aliphatic carbocycles. The smallest absolute Gasteiger partial charge is 1.00 e. The molecule has 1 aliphatic heterocycles. The summed E-state index contributed by atoms with van der Waals surface area (Å²) in [5.74, 6) is 0. The summed E-state index contributed by atoms with van der Waals surface area (Å²) < 4.78 is 3.97. The van der Waals surface area contributed by atoms with Crippen LogP contribution in [0.3, 0.4) is 0 Å². The molecule has 1 heterocycles. The molecule has 0 spiro atoms. The Morgan fingerprint density at radius 1 is 0.489 bits per heavy atom. The second-order valence-corrected chi connectivity index (χ2v) is 24.5. The van der Waals surface area contributed by atoms with Crippen LogP contribution < -0.4 is 24.8 Å². The van der Waals surface area contributed by atoms with E-state index in [1.165, 1.54) is 63.2 Å². The second kappa shape index (κ2) is 11.5. The molecule has 9 rings (SSSR count). The van der Waals surface area contributed by atoms with E-state index < -0.39 is 20.3 Å². The van der Waals surface area contributed by atoms with E-state index in [2.05, 4.69) is 147 Å². The monoisotopic (exact) mass is 698 g/mol. The van der Waals surface area contributed by atoms with E-state index in [1.807, 2.05) is 0 Å². The van der Waals surface area contributed by atoms with Crippen molar-refractivity contribution in [3.05, 3.63) is 166 Å². The number of allylic oxidation sites excluding steroid dienone is 2. The molecule has 3 heteroatoms. The first-order chi connectivity index (χ1) is 21.1. The predicted octanol–water partition coefficient (Wildman–Crippen LogP) is 5.51. The van der Waals surface area contributed by atoms with Gasteiger partial charge in [0.05, 0.1) is 0 Å². The van der Waals surface area contributed by atoms with Crippen molar-refractivity contribution in [3.8, 4) is 0 Å². The third kappa shape index (κ3) is 4.74. The van der Waals surface area contributed by atoms with Crippen LogP contribution in [0.4, 0.5) is 0 Å². The fourth-order valence-electron chi connectivity index (χ4n) is 8.64. The van der Waals surface area contributed by atoms with Crippen molar-refractivity contribution in [2.45, 2.75) is 29.4 Å². The van der Waals surface area contributed by atoms with Crippen LogP contribution in [0.2, 0.25) is 8.26 Å². The van der Waals surface area contributed by atoms with Crippen molar-refractivity contribution < 1.29 is 45.1 Å². The van der Waals surface area contributed by atoms with Gasteiger partial charge in [-0.3, -0.25) is 0 Å². The van der Waals surface area contributed by atoms with Gasteiger partial charge in [-0.05, 0) is 0 Å². The third-order valence-electron chi connectivity index (χ3n) is 10.5. The van der Waals surface area contributed by atoms with Gasteiger partial charge in [0.25, 0.3) is 0 Å². The summed E-state index contributed by atoms with van der Waals surface area (Å²) in [6.07, 6.45) is 5.15. The normalized spacial score (nSPS) is 18.1. The van der Waals surface area contributed by atoms with Gasteiger partial charge in [0.15, 0.2) is 0 Å². The standard InChI is InChI=1S/2C20H15.C2H4.2ClH.Zr/c2*1-14-10-17-8-4-5-9-19(17)20(11-14)18-12-15-6-2-3-7-16(15)13-18;1-2;;;/h2*2-13H,1H3;1-2H2;2*1H;/q;;;;;+2/p-2. The first-order valence-electron chi connectivity index (χ1n) is 15.7. The van der Waals surface area contributed by atoms with Crippen molar-refractivity contribution in [2.75, 3.05) is 0 Å². The van der Waals surface area contributed by atoms with Crippen LogP contribution >= 0.6 is 0 Å². The second-order valence-electron chi connectivity index (χ2n) is 13.1. The molecule has 0 nitrogen and oxygen atoms in total. The molecule has 3 aliphatic rings. The van der Waals surface area contributed by atoms with E-state index in [0.717, 1.165) is 0 Å². The average Bonchev–Trinajstić information content (AvgIpc) is 3.56. The Balaban J connectivity index is 0.00000163. The third-order valence-corrected chi connectivity index (χ3v) is 23.2. The van der Waals surface area contributed by atoms with Crippen molar-refractivity contribution >= 4 is 44.8 Å². The minimum absolute atomic E-state index is 0. The largest absolute Gasteiger partial charge is 1.00 e. The van der Waals surface area contributed by atoms with Crippen LogP contribution in [0, 0.1) is 13.8 Å². The zero-order valence-electron chi connectivity index (χ0n) is 25.5. The molecule has 0 amide bonds. The van der Waals surface area contributed by atoms with Crippen LogP contribution in [0.15, 0.2) is 121 Å². The van der Waals surface area contributed by atoms with Gasteiger partial charge >= 0.3 is 260 Å². The Labute approximate surface area is 283 Å². The van der Waals surface area contributed by atoms with Gasteiger partial charge in [-0.25, -0.2) is 0 Å². The molecule has 0 saturated carbocycles. The number of benzene rings is 6. The Morgan fingerprint density at radius 3 is 1.33 bits per heavy atom. The van der Waals surface area contributed by atoms with Crippen LogP contribution in [-0.2, 0) is 20.3 Å². The van der Waals surface area contributed by atoms with Crippen LogP contribution in [-0.4, -0.2) is 0 Å². The Hall–Kier alpha value is -3.22. The minimum atomic E-state index is -2.97. The maximum Gasteiger partial charge on any atom is -1.00 e. The molecule has 1 fully saturated rings. The van der Waals surface area contributed by atoms with Gasteiger partial charge in [-0.15, -0.1) is 0 Å². The molecule has 1 saturated heterocycles. The Kier molecular flexibility index (Phi) is 7.81.